The van der Waals surface area contributed by atoms with Crippen LogP contribution in [-0.4, -0.2) is 12.0 Å². The van der Waals surface area contributed by atoms with Gasteiger partial charge in [0.05, 0.1) is 18.1 Å². The fourth-order valence-electron chi connectivity index (χ4n) is 0.759. The Morgan fingerprint density at radius 2 is 2.25 bits per heavy atom. The number of hydrogen-bond donors (Lipinski definition) is 0. The Kier molecular flexibility index (Phi) is 2.23. The molecule has 5 heteroatoms. The van der Waals surface area contributed by atoms with Gasteiger partial charge in [0, 0.05) is 0 Å². The highest BCUT2D eigenvalue weighted by Crippen LogP contribution is 2.22. The van der Waals surface area contributed by atoms with Gasteiger partial charge in [-0.05, 0) is 12.1 Å². The number of rotatable bonds is 2. The molecular weight excluding hydrogens is 165 g/mol. The van der Waals surface area contributed by atoms with Gasteiger partial charge in [0.15, 0.2) is 0 Å². The van der Waals surface area contributed by atoms with Crippen molar-refractivity contribution >= 4 is 5.69 Å². The van der Waals surface area contributed by atoms with Crippen molar-refractivity contribution in [3.63, 3.8) is 0 Å². The second kappa shape index (κ2) is 3.17. The van der Waals surface area contributed by atoms with Gasteiger partial charge in [0.1, 0.15) is 5.75 Å². The van der Waals surface area contributed by atoms with Gasteiger partial charge < -0.3 is 4.74 Å². The van der Waals surface area contributed by atoms with E-state index in [0.717, 1.165) is 12.1 Å². The van der Waals surface area contributed by atoms with Crippen LogP contribution in [0.3, 0.4) is 0 Å². The summed E-state index contributed by atoms with van der Waals surface area (Å²) in [6, 6.07) is 3.36. The molecule has 0 unspecified atom stereocenters. The van der Waals surface area contributed by atoms with Crippen LogP contribution >= 0.6 is 0 Å². The molecule has 1 rings (SSSR count). The first-order valence-electron chi connectivity index (χ1n) is 3.13. The smallest absolute Gasteiger partial charge is 0.308 e. The SMILES string of the molecule is COc1ccc(F)c([N+](=O)[O-])c1. The van der Waals surface area contributed by atoms with Gasteiger partial charge in [-0.15, -0.1) is 0 Å². The van der Waals surface area contributed by atoms with Crippen molar-refractivity contribution < 1.29 is 14.1 Å². The molecular formula is C7H6FNO3. The van der Waals surface area contributed by atoms with Crippen LogP contribution in [0.1, 0.15) is 0 Å². The number of halogens is 1. The Bertz CT molecular complexity index is 314. The molecule has 0 aliphatic heterocycles. The zero-order valence-corrected chi connectivity index (χ0v) is 6.28. The molecule has 64 valence electrons. The maximum absolute atomic E-state index is 12.7. The molecule has 0 bridgehead atoms. The molecule has 0 radical (unpaired) electrons. The number of nitro groups is 1. The zero-order chi connectivity index (χ0) is 9.14. The molecule has 0 fully saturated rings. The van der Waals surface area contributed by atoms with Gasteiger partial charge in [-0.25, -0.2) is 0 Å². The van der Waals surface area contributed by atoms with Crippen LogP contribution in [0.25, 0.3) is 0 Å². The second-order valence-electron chi connectivity index (χ2n) is 2.07. The average molecular weight is 171 g/mol. The first kappa shape index (κ1) is 8.45. The molecule has 0 N–H and O–H groups in total. The quantitative estimate of drug-likeness (QED) is 0.503. The first-order valence-corrected chi connectivity index (χ1v) is 3.13. The van der Waals surface area contributed by atoms with Gasteiger partial charge in [-0.2, -0.15) is 4.39 Å². The summed E-state index contributed by atoms with van der Waals surface area (Å²) in [5.74, 6) is -0.594. The average Bonchev–Trinajstić information content (AvgIpc) is 2.05. The van der Waals surface area contributed by atoms with E-state index in [1.54, 1.807) is 0 Å². The standard InChI is InChI=1S/C7H6FNO3/c1-12-5-2-3-6(8)7(4-5)9(10)11/h2-4H,1H3. The van der Waals surface area contributed by atoms with Gasteiger partial charge in [-0.1, -0.05) is 0 Å². The number of nitro benzene ring substituents is 1. The lowest BCUT2D eigenvalue weighted by molar-refractivity contribution is -0.387. The molecule has 1 aromatic rings. The largest absolute Gasteiger partial charge is 0.496 e. The van der Waals surface area contributed by atoms with E-state index in [2.05, 4.69) is 4.74 Å². The van der Waals surface area contributed by atoms with E-state index in [0.29, 0.717) is 0 Å². The molecule has 0 heterocycles. The summed E-state index contributed by atoms with van der Waals surface area (Å²) in [5, 5.41) is 10.2. The monoisotopic (exact) mass is 171 g/mol. The summed E-state index contributed by atoms with van der Waals surface area (Å²) >= 11 is 0. The van der Waals surface area contributed by atoms with Crippen molar-refractivity contribution in [3.05, 3.63) is 34.1 Å². The topological polar surface area (TPSA) is 52.4 Å². The van der Waals surface area contributed by atoms with Crippen molar-refractivity contribution in [2.24, 2.45) is 0 Å². The van der Waals surface area contributed by atoms with Crippen LogP contribution in [0.2, 0.25) is 0 Å². The minimum absolute atomic E-state index is 0.267. The Morgan fingerprint density at radius 1 is 1.58 bits per heavy atom. The molecule has 1 aromatic carbocycles. The van der Waals surface area contributed by atoms with Crippen molar-refractivity contribution in [3.8, 4) is 5.75 Å². The maximum atomic E-state index is 12.7. The Morgan fingerprint density at radius 3 is 2.75 bits per heavy atom. The van der Waals surface area contributed by atoms with Gasteiger partial charge in [0.25, 0.3) is 0 Å². The molecule has 0 amide bonds. The maximum Gasteiger partial charge on any atom is 0.308 e. The van der Waals surface area contributed by atoms with Crippen molar-refractivity contribution in [2.45, 2.75) is 0 Å². The molecule has 0 aliphatic carbocycles. The highest BCUT2D eigenvalue weighted by molar-refractivity contribution is 5.39. The van der Waals surface area contributed by atoms with E-state index in [1.807, 2.05) is 0 Å². The van der Waals surface area contributed by atoms with E-state index in [9.17, 15) is 14.5 Å². The number of nitrogens with zero attached hydrogens (tertiary/aromatic N) is 1. The summed E-state index contributed by atoms with van der Waals surface area (Å²) in [4.78, 5) is 9.41. The molecule has 0 saturated carbocycles. The van der Waals surface area contributed by atoms with Crippen molar-refractivity contribution in [1.82, 2.24) is 0 Å². The first-order chi connectivity index (χ1) is 5.65. The number of methoxy groups -OCH3 is 1. The normalized spacial score (nSPS) is 9.50. The van der Waals surface area contributed by atoms with E-state index in [4.69, 9.17) is 0 Å². The molecule has 4 nitrogen and oxygen atoms in total. The Balaban J connectivity index is 3.17. The van der Waals surface area contributed by atoms with Crippen LogP contribution in [0.4, 0.5) is 10.1 Å². The summed E-state index contributed by atoms with van der Waals surface area (Å²) in [5.41, 5.74) is -0.575. The lowest BCUT2D eigenvalue weighted by Gasteiger charge is -1.98. The predicted octanol–water partition coefficient (Wildman–Crippen LogP) is 1.74. The lowest BCUT2D eigenvalue weighted by Crippen LogP contribution is -1.93. The Hall–Kier alpha value is -1.65. The third-order valence-electron chi connectivity index (χ3n) is 1.35. The summed E-state index contributed by atoms with van der Waals surface area (Å²) < 4.78 is 17.3. The van der Waals surface area contributed by atoms with Gasteiger partial charge >= 0.3 is 5.69 Å². The summed E-state index contributed by atoms with van der Waals surface area (Å²) in [7, 11) is 1.36. The minimum atomic E-state index is -0.860. The van der Waals surface area contributed by atoms with Crippen molar-refractivity contribution in [1.29, 1.82) is 0 Å². The summed E-state index contributed by atoms with van der Waals surface area (Å²) in [6.07, 6.45) is 0. The second-order valence-corrected chi connectivity index (χ2v) is 2.07. The summed E-state index contributed by atoms with van der Waals surface area (Å²) in [6.45, 7) is 0. The minimum Gasteiger partial charge on any atom is -0.496 e. The third-order valence-corrected chi connectivity index (χ3v) is 1.35. The third kappa shape index (κ3) is 1.50. The van der Waals surface area contributed by atoms with Crippen LogP contribution in [-0.2, 0) is 0 Å². The van der Waals surface area contributed by atoms with E-state index < -0.39 is 16.4 Å². The van der Waals surface area contributed by atoms with E-state index in [1.165, 1.54) is 13.2 Å². The Labute approximate surface area is 67.7 Å². The van der Waals surface area contributed by atoms with Gasteiger partial charge in [-0.3, -0.25) is 10.1 Å². The van der Waals surface area contributed by atoms with Crippen LogP contribution in [0.15, 0.2) is 18.2 Å². The van der Waals surface area contributed by atoms with E-state index >= 15 is 0 Å². The van der Waals surface area contributed by atoms with Crippen LogP contribution < -0.4 is 4.74 Å². The van der Waals surface area contributed by atoms with Crippen LogP contribution in [0, 0.1) is 15.9 Å². The van der Waals surface area contributed by atoms with Gasteiger partial charge in [0.2, 0.25) is 5.82 Å². The highest BCUT2D eigenvalue weighted by Gasteiger charge is 2.13. The van der Waals surface area contributed by atoms with Crippen molar-refractivity contribution in [2.75, 3.05) is 7.11 Å². The highest BCUT2D eigenvalue weighted by atomic mass is 19.1. The number of hydrogen-bond acceptors (Lipinski definition) is 3. The zero-order valence-electron chi connectivity index (χ0n) is 6.28. The number of ether oxygens (including phenoxy) is 1. The molecule has 0 aliphatic rings. The lowest BCUT2D eigenvalue weighted by atomic mass is 10.3. The molecule has 0 spiro atoms. The molecule has 0 saturated heterocycles. The fraction of sp³-hybridized carbons (Fsp3) is 0.143. The molecule has 0 atom stereocenters. The van der Waals surface area contributed by atoms with E-state index in [-0.39, 0.29) is 5.75 Å². The molecule has 12 heavy (non-hydrogen) atoms. The fourth-order valence-corrected chi connectivity index (χ4v) is 0.759. The van der Waals surface area contributed by atoms with Crippen LogP contribution in [0.5, 0.6) is 5.75 Å². The predicted molar refractivity (Wildman–Crippen MR) is 39.6 cm³/mol. The molecule has 0 aromatic heterocycles. The number of benzene rings is 1.